The van der Waals surface area contributed by atoms with E-state index in [0.29, 0.717) is 11.7 Å². The normalized spacial score (nSPS) is 47.9. The number of methoxy groups -OCH3 is 1. The van der Waals surface area contributed by atoms with Gasteiger partial charge in [0, 0.05) is 16.9 Å². The number of allylic oxidation sites excluding steroid dienone is 2. The van der Waals surface area contributed by atoms with Crippen molar-refractivity contribution in [2.24, 2.45) is 44.8 Å². The Kier molecular flexibility index (Phi) is 5.06. The molecule has 0 saturated heterocycles. The van der Waals surface area contributed by atoms with Gasteiger partial charge in [-0.2, -0.15) is 0 Å². The summed E-state index contributed by atoms with van der Waals surface area (Å²) in [6.07, 6.45) is 11.9. The quantitative estimate of drug-likeness (QED) is 0.389. The molecule has 0 spiro atoms. The van der Waals surface area contributed by atoms with Crippen molar-refractivity contribution in [3.63, 3.8) is 0 Å². The average Bonchev–Trinajstić information content (AvgIpc) is 3.29. The van der Waals surface area contributed by atoms with Crippen LogP contribution in [-0.4, -0.2) is 24.0 Å². The highest BCUT2D eigenvalue weighted by molar-refractivity contribution is 5.96. The number of esters is 1. The van der Waals surface area contributed by atoms with E-state index < -0.39 is 5.41 Å². The van der Waals surface area contributed by atoms with Crippen LogP contribution < -0.4 is 0 Å². The van der Waals surface area contributed by atoms with Gasteiger partial charge in [-0.15, -0.1) is 0 Å². The van der Waals surface area contributed by atoms with Gasteiger partial charge in [0.2, 0.25) is 0 Å². The molecule has 5 heteroatoms. The Labute approximate surface area is 222 Å². The molecule has 6 rings (SSSR count). The van der Waals surface area contributed by atoms with E-state index in [2.05, 4.69) is 59.7 Å². The Morgan fingerprint density at radius 3 is 2.43 bits per heavy atom. The fourth-order valence-electron chi connectivity index (χ4n) is 10.9. The lowest BCUT2D eigenvalue weighted by Gasteiger charge is -2.69. The van der Waals surface area contributed by atoms with Crippen LogP contribution in [0.2, 0.25) is 0 Å². The number of nitrogens with zero attached hydrogens (tertiary/aromatic N) is 1. The van der Waals surface area contributed by atoms with Crippen molar-refractivity contribution in [1.82, 2.24) is 5.16 Å². The van der Waals surface area contributed by atoms with Gasteiger partial charge in [-0.25, -0.2) is 0 Å². The Balaban J connectivity index is 1.47. The molecule has 0 N–H and O–H groups in total. The number of carbonyl (C=O) groups is 2. The molecule has 202 valence electrons. The SMILES string of the molecule is COC(=O)[C@]1(C)CC[C@]2(C)CC[C@]3(C)C(=CC(=O)[C@@H]4[C@]5(C)Cc6cnoc6C(C)(C)[C@@H]5CC[C@]43C)[C@@H]2C1. The number of ketones is 1. The standard InChI is InChI=1S/C32H45NO4/c1-27(2)23-9-10-32(7)24(30(23,5)16-19-18-33-37-25(19)27)22(34)15-20-21-17-29(4,26(35)36-8)12-11-28(21,3)13-14-31(20,32)6/h15,18,21,23-24H,9-14,16-17H2,1-8H3/t21-,23-,24+,28+,29+,30+,31+,32+/m0/s1. The van der Waals surface area contributed by atoms with Crippen LogP contribution in [0.1, 0.15) is 105 Å². The second-order valence-corrected chi connectivity index (χ2v) is 15.3. The van der Waals surface area contributed by atoms with Gasteiger partial charge < -0.3 is 9.26 Å². The lowest BCUT2D eigenvalue weighted by Crippen LogP contribution is -2.66. The molecule has 0 aromatic carbocycles. The topological polar surface area (TPSA) is 69.4 Å². The van der Waals surface area contributed by atoms with Crippen LogP contribution in [0, 0.1) is 44.8 Å². The van der Waals surface area contributed by atoms with Crippen molar-refractivity contribution in [3.05, 3.63) is 29.2 Å². The van der Waals surface area contributed by atoms with E-state index in [0.717, 1.165) is 57.1 Å². The maximum atomic E-state index is 14.5. The highest BCUT2D eigenvalue weighted by Crippen LogP contribution is 2.74. The van der Waals surface area contributed by atoms with Gasteiger partial charge in [-0.3, -0.25) is 9.59 Å². The number of ether oxygens (including phenoxy) is 1. The van der Waals surface area contributed by atoms with Crippen molar-refractivity contribution in [2.75, 3.05) is 7.11 Å². The first kappa shape index (κ1) is 25.4. The van der Waals surface area contributed by atoms with Crippen molar-refractivity contribution in [3.8, 4) is 0 Å². The first-order chi connectivity index (χ1) is 17.2. The molecule has 37 heavy (non-hydrogen) atoms. The molecule has 3 fully saturated rings. The number of fused-ring (bicyclic) bond motifs is 8. The first-order valence-corrected chi connectivity index (χ1v) is 14.4. The minimum atomic E-state index is -0.486. The Bertz CT molecular complexity index is 1210. The van der Waals surface area contributed by atoms with Crippen LogP contribution in [-0.2, 0) is 26.2 Å². The molecule has 5 aliphatic rings. The fourth-order valence-corrected chi connectivity index (χ4v) is 10.9. The summed E-state index contributed by atoms with van der Waals surface area (Å²) in [4.78, 5) is 27.4. The molecule has 0 radical (unpaired) electrons. The molecule has 0 amide bonds. The van der Waals surface area contributed by atoms with Crippen molar-refractivity contribution in [1.29, 1.82) is 0 Å². The molecule has 1 aromatic heterocycles. The lowest BCUT2D eigenvalue weighted by molar-refractivity contribution is -0.175. The van der Waals surface area contributed by atoms with Crippen LogP contribution in [0.25, 0.3) is 0 Å². The zero-order valence-corrected chi connectivity index (χ0v) is 24.1. The number of hydrogen-bond acceptors (Lipinski definition) is 5. The second-order valence-electron chi connectivity index (χ2n) is 15.3. The van der Waals surface area contributed by atoms with E-state index in [1.54, 1.807) is 0 Å². The molecule has 0 unspecified atom stereocenters. The maximum Gasteiger partial charge on any atom is 0.311 e. The lowest BCUT2D eigenvalue weighted by atomic mass is 9.33. The summed E-state index contributed by atoms with van der Waals surface area (Å²) in [7, 11) is 1.51. The predicted octanol–water partition coefficient (Wildman–Crippen LogP) is 6.84. The summed E-state index contributed by atoms with van der Waals surface area (Å²) >= 11 is 0. The van der Waals surface area contributed by atoms with Gasteiger partial charge in [-0.05, 0) is 97.9 Å². The van der Waals surface area contributed by atoms with E-state index >= 15 is 0 Å². The molecule has 3 saturated carbocycles. The van der Waals surface area contributed by atoms with Crippen molar-refractivity contribution in [2.45, 2.75) is 105 Å². The molecule has 0 bridgehead atoms. The van der Waals surface area contributed by atoms with E-state index in [-0.39, 0.29) is 44.9 Å². The van der Waals surface area contributed by atoms with Gasteiger partial charge in [0.05, 0.1) is 18.7 Å². The van der Waals surface area contributed by atoms with Crippen LogP contribution in [0.3, 0.4) is 0 Å². The van der Waals surface area contributed by atoms with Gasteiger partial charge in [0.25, 0.3) is 0 Å². The molecule has 8 atom stereocenters. The molecule has 0 aliphatic heterocycles. The highest BCUT2D eigenvalue weighted by atomic mass is 16.5. The summed E-state index contributed by atoms with van der Waals surface area (Å²) in [6.45, 7) is 16.4. The predicted molar refractivity (Wildman–Crippen MR) is 142 cm³/mol. The largest absolute Gasteiger partial charge is 0.469 e. The minimum Gasteiger partial charge on any atom is -0.469 e. The fraction of sp³-hybridized carbons (Fsp3) is 0.781. The monoisotopic (exact) mass is 507 g/mol. The van der Waals surface area contributed by atoms with Crippen LogP contribution in [0.4, 0.5) is 0 Å². The van der Waals surface area contributed by atoms with Gasteiger partial charge >= 0.3 is 5.97 Å². The third-order valence-electron chi connectivity index (χ3n) is 13.2. The molecular weight excluding hydrogens is 462 g/mol. The zero-order chi connectivity index (χ0) is 26.8. The smallest absolute Gasteiger partial charge is 0.311 e. The van der Waals surface area contributed by atoms with Crippen LogP contribution >= 0.6 is 0 Å². The van der Waals surface area contributed by atoms with Gasteiger partial charge in [0.1, 0.15) is 5.76 Å². The highest BCUT2D eigenvalue weighted by Gasteiger charge is 2.70. The Morgan fingerprint density at radius 2 is 1.73 bits per heavy atom. The summed E-state index contributed by atoms with van der Waals surface area (Å²) in [5, 5.41) is 4.19. The van der Waals surface area contributed by atoms with E-state index in [1.165, 1.54) is 18.2 Å². The first-order valence-electron chi connectivity index (χ1n) is 14.4. The van der Waals surface area contributed by atoms with Crippen molar-refractivity contribution < 1.29 is 18.8 Å². The number of carbonyl (C=O) groups excluding carboxylic acids is 2. The third-order valence-corrected chi connectivity index (χ3v) is 13.2. The summed E-state index contributed by atoms with van der Waals surface area (Å²) in [5.41, 5.74) is 1.68. The third kappa shape index (κ3) is 2.95. The van der Waals surface area contributed by atoms with Gasteiger partial charge in [-0.1, -0.05) is 52.3 Å². The molecule has 1 heterocycles. The number of aromatic nitrogens is 1. The zero-order valence-electron chi connectivity index (χ0n) is 24.1. The summed E-state index contributed by atoms with van der Waals surface area (Å²) in [6, 6.07) is 0. The molecule has 5 aliphatic carbocycles. The number of rotatable bonds is 1. The summed E-state index contributed by atoms with van der Waals surface area (Å²) in [5.74, 6) is 1.80. The number of hydrogen-bond donors (Lipinski definition) is 0. The van der Waals surface area contributed by atoms with Gasteiger partial charge in [0.15, 0.2) is 5.78 Å². The van der Waals surface area contributed by atoms with E-state index in [9.17, 15) is 9.59 Å². The van der Waals surface area contributed by atoms with E-state index in [1.807, 2.05) is 6.20 Å². The maximum absolute atomic E-state index is 14.5. The Morgan fingerprint density at radius 1 is 1.03 bits per heavy atom. The van der Waals surface area contributed by atoms with Crippen LogP contribution in [0.5, 0.6) is 0 Å². The average molecular weight is 508 g/mol. The summed E-state index contributed by atoms with van der Waals surface area (Å²) < 4.78 is 11.1. The van der Waals surface area contributed by atoms with Crippen molar-refractivity contribution >= 4 is 11.8 Å². The van der Waals surface area contributed by atoms with Crippen LogP contribution in [0.15, 0.2) is 22.4 Å². The van der Waals surface area contributed by atoms with E-state index in [4.69, 9.17) is 9.26 Å². The molecule has 5 nitrogen and oxygen atoms in total. The Hall–Kier alpha value is -1.91. The molecular formula is C32H45NO4. The molecule has 1 aromatic rings. The minimum absolute atomic E-state index is 0.0326. The second kappa shape index (κ2) is 7.39.